The van der Waals surface area contributed by atoms with Crippen LogP contribution in [0.2, 0.25) is 0 Å². The van der Waals surface area contributed by atoms with E-state index in [4.69, 9.17) is 4.74 Å². The summed E-state index contributed by atoms with van der Waals surface area (Å²) in [4.78, 5) is 2.45. The Hall–Kier alpha value is -3.96. The van der Waals surface area contributed by atoms with Gasteiger partial charge in [0.25, 0.3) is 0 Å². The van der Waals surface area contributed by atoms with Crippen molar-refractivity contribution in [2.24, 2.45) is 10.2 Å². The highest BCUT2D eigenvalue weighted by Gasteiger charge is 2.25. The van der Waals surface area contributed by atoms with Crippen LogP contribution in [0.4, 0.5) is 0 Å². The maximum atomic E-state index is 5.62. The van der Waals surface area contributed by atoms with Gasteiger partial charge in [0, 0.05) is 47.1 Å². The van der Waals surface area contributed by atoms with Crippen LogP contribution in [0.5, 0.6) is 0 Å². The summed E-state index contributed by atoms with van der Waals surface area (Å²) in [6.07, 6.45) is 8.13. The number of morpholine rings is 1. The lowest BCUT2D eigenvalue weighted by Crippen LogP contribution is -2.36. The molecular formula is C32H32N4O. The molecule has 1 aliphatic carbocycles. The van der Waals surface area contributed by atoms with Crippen molar-refractivity contribution in [1.82, 2.24) is 9.47 Å². The minimum atomic E-state index is 0.765. The van der Waals surface area contributed by atoms with Crippen LogP contribution in [0, 0.1) is 0 Å². The molecule has 2 heterocycles. The molecule has 37 heavy (non-hydrogen) atoms. The van der Waals surface area contributed by atoms with Gasteiger partial charge < -0.3 is 14.2 Å². The maximum absolute atomic E-state index is 5.62. The number of benzene rings is 3. The smallest absolute Gasteiger partial charge is 0.0642 e. The molecule has 1 saturated heterocycles. The number of rotatable bonds is 6. The first-order valence-corrected chi connectivity index (χ1v) is 13.2. The van der Waals surface area contributed by atoms with E-state index in [0.717, 1.165) is 51.3 Å². The summed E-state index contributed by atoms with van der Waals surface area (Å²) in [6, 6.07) is 25.7. The van der Waals surface area contributed by atoms with Gasteiger partial charge >= 0.3 is 0 Å². The monoisotopic (exact) mass is 488 g/mol. The van der Waals surface area contributed by atoms with Gasteiger partial charge in [-0.25, -0.2) is 0 Å². The van der Waals surface area contributed by atoms with Gasteiger partial charge in [-0.2, -0.15) is 10.2 Å². The molecular weight excluding hydrogens is 456 g/mol. The van der Waals surface area contributed by atoms with Crippen LogP contribution in [0.15, 0.2) is 99.8 Å². The van der Waals surface area contributed by atoms with Crippen molar-refractivity contribution in [1.29, 1.82) is 0 Å². The van der Waals surface area contributed by atoms with Crippen LogP contribution in [0.3, 0.4) is 0 Å². The van der Waals surface area contributed by atoms with E-state index in [9.17, 15) is 0 Å². The zero-order valence-electron chi connectivity index (χ0n) is 21.3. The van der Waals surface area contributed by atoms with Gasteiger partial charge in [-0.1, -0.05) is 54.6 Å². The van der Waals surface area contributed by atoms with Crippen molar-refractivity contribution in [2.75, 3.05) is 26.3 Å². The van der Waals surface area contributed by atoms with E-state index in [2.05, 4.69) is 105 Å². The number of hydrogen-bond acceptors (Lipinski definition) is 4. The molecule has 5 heteroatoms. The Kier molecular flexibility index (Phi) is 6.70. The molecule has 0 radical (unpaired) electrons. The molecule has 3 aromatic carbocycles. The molecule has 1 aromatic heterocycles. The van der Waals surface area contributed by atoms with Gasteiger partial charge in [-0.3, -0.25) is 0 Å². The van der Waals surface area contributed by atoms with Crippen molar-refractivity contribution >= 4 is 40.3 Å². The van der Waals surface area contributed by atoms with Crippen LogP contribution in [-0.4, -0.2) is 48.2 Å². The number of allylic oxidation sites excluding steroid dienone is 2. The van der Waals surface area contributed by atoms with E-state index < -0.39 is 0 Å². The summed E-state index contributed by atoms with van der Waals surface area (Å²) < 4.78 is 7.98. The third-order valence-corrected chi connectivity index (χ3v) is 7.34. The highest BCUT2D eigenvalue weighted by Crippen LogP contribution is 2.35. The fraction of sp³-hybridized carbons (Fsp3) is 0.250. The topological polar surface area (TPSA) is 42.1 Å². The average Bonchev–Trinajstić information content (AvgIpc) is 3.50. The molecule has 0 unspecified atom stereocenters. The Morgan fingerprint density at radius 3 is 2.38 bits per heavy atom. The Balaban J connectivity index is 1.28. The summed E-state index contributed by atoms with van der Waals surface area (Å²) in [6.45, 7) is 6.49. The van der Waals surface area contributed by atoms with Crippen LogP contribution in [-0.2, 0) is 11.3 Å². The van der Waals surface area contributed by atoms with Crippen LogP contribution >= 0.6 is 0 Å². The van der Waals surface area contributed by atoms with E-state index >= 15 is 0 Å². The number of aryl methyl sites for hydroxylation is 1. The molecule has 4 aromatic rings. The second-order valence-corrected chi connectivity index (χ2v) is 9.58. The van der Waals surface area contributed by atoms with Crippen LogP contribution in [0.25, 0.3) is 27.9 Å². The highest BCUT2D eigenvalue weighted by molar-refractivity contribution is 6.09. The standard InChI is InChI=1S/C32H32N4O/c1-2-36-30-11-7-6-10-28(30)29-21-25(12-15-31(29)36)22-33-34-23-27-14-13-26(20-24-8-4-3-5-9-24)32(27)35-16-18-37-19-17-35/h3-12,15,20-23H,2,13-14,16-19H2,1H3. The van der Waals surface area contributed by atoms with Crippen molar-refractivity contribution in [2.45, 2.75) is 26.3 Å². The van der Waals surface area contributed by atoms with E-state index in [1.807, 2.05) is 12.4 Å². The van der Waals surface area contributed by atoms with Crippen LogP contribution < -0.4 is 0 Å². The fourth-order valence-electron chi connectivity index (χ4n) is 5.62. The predicted molar refractivity (Wildman–Crippen MR) is 154 cm³/mol. The lowest BCUT2D eigenvalue weighted by molar-refractivity contribution is 0.0548. The fourth-order valence-corrected chi connectivity index (χ4v) is 5.62. The Morgan fingerprint density at radius 2 is 1.54 bits per heavy atom. The van der Waals surface area contributed by atoms with Gasteiger partial charge in [0.2, 0.25) is 0 Å². The molecule has 0 spiro atoms. The lowest BCUT2D eigenvalue weighted by atomic mass is 10.1. The Morgan fingerprint density at radius 1 is 0.784 bits per heavy atom. The summed E-state index contributed by atoms with van der Waals surface area (Å²) in [5, 5.41) is 11.5. The second kappa shape index (κ2) is 10.6. The summed E-state index contributed by atoms with van der Waals surface area (Å²) >= 11 is 0. The molecule has 0 amide bonds. The number of ether oxygens (including phenoxy) is 1. The van der Waals surface area contributed by atoms with Gasteiger partial charge in [0.15, 0.2) is 0 Å². The van der Waals surface area contributed by atoms with Gasteiger partial charge in [-0.05, 0) is 66.3 Å². The first kappa shape index (κ1) is 23.4. The minimum Gasteiger partial charge on any atom is -0.378 e. The molecule has 1 fully saturated rings. The third kappa shape index (κ3) is 4.75. The number of aromatic nitrogens is 1. The Labute approximate surface area is 218 Å². The van der Waals surface area contributed by atoms with Gasteiger partial charge in [0.05, 0.1) is 25.6 Å². The van der Waals surface area contributed by atoms with E-state index in [1.165, 1.54) is 44.2 Å². The zero-order valence-corrected chi connectivity index (χ0v) is 21.3. The summed E-state index contributed by atoms with van der Waals surface area (Å²) in [5.74, 6) is 0. The first-order chi connectivity index (χ1) is 18.3. The summed E-state index contributed by atoms with van der Waals surface area (Å²) in [5.41, 5.74) is 8.75. The van der Waals surface area contributed by atoms with Gasteiger partial charge in [0.1, 0.15) is 0 Å². The molecule has 2 aliphatic rings. The minimum absolute atomic E-state index is 0.765. The number of para-hydroxylation sites is 1. The molecule has 0 N–H and O–H groups in total. The zero-order chi connectivity index (χ0) is 25.0. The number of hydrogen-bond donors (Lipinski definition) is 0. The molecule has 6 rings (SSSR count). The average molecular weight is 489 g/mol. The second-order valence-electron chi connectivity index (χ2n) is 9.58. The van der Waals surface area contributed by atoms with Crippen molar-refractivity contribution < 1.29 is 4.74 Å². The molecule has 186 valence electrons. The molecule has 0 saturated carbocycles. The molecule has 0 atom stereocenters. The van der Waals surface area contributed by atoms with E-state index in [0.29, 0.717) is 0 Å². The van der Waals surface area contributed by atoms with Crippen molar-refractivity contribution in [3.8, 4) is 0 Å². The Bertz CT molecular complexity index is 1540. The molecule has 1 aliphatic heterocycles. The quantitative estimate of drug-likeness (QED) is 0.224. The summed E-state index contributed by atoms with van der Waals surface area (Å²) in [7, 11) is 0. The van der Waals surface area contributed by atoms with Crippen molar-refractivity contribution in [3.63, 3.8) is 0 Å². The highest BCUT2D eigenvalue weighted by atomic mass is 16.5. The molecule has 5 nitrogen and oxygen atoms in total. The largest absolute Gasteiger partial charge is 0.378 e. The predicted octanol–water partition coefficient (Wildman–Crippen LogP) is 6.68. The van der Waals surface area contributed by atoms with Crippen LogP contribution in [0.1, 0.15) is 30.9 Å². The first-order valence-electron chi connectivity index (χ1n) is 13.2. The van der Waals surface area contributed by atoms with E-state index in [-0.39, 0.29) is 0 Å². The van der Waals surface area contributed by atoms with E-state index in [1.54, 1.807) is 0 Å². The number of nitrogens with zero attached hydrogens (tertiary/aromatic N) is 4. The molecule has 0 bridgehead atoms. The SMILES string of the molecule is CCn1c2ccccc2c2cc(C=NN=CC3=C(N4CCOCC4)C(=Cc4ccccc4)CC3)ccc21. The normalized spacial score (nSPS) is 18.0. The third-order valence-electron chi connectivity index (χ3n) is 7.34. The maximum Gasteiger partial charge on any atom is 0.0642 e. The van der Waals surface area contributed by atoms with Crippen molar-refractivity contribution in [3.05, 3.63) is 101 Å². The lowest BCUT2D eigenvalue weighted by Gasteiger charge is -2.31. The number of fused-ring (bicyclic) bond motifs is 3. The van der Waals surface area contributed by atoms with Gasteiger partial charge in [-0.15, -0.1) is 0 Å².